The smallest absolute Gasteiger partial charge is 0.337 e. The van der Waals surface area contributed by atoms with Gasteiger partial charge in [0, 0.05) is 32.1 Å². The van der Waals surface area contributed by atoms with Crippen molar-refractivity contribution in [2.24, 2.45) is 5.73 Å². The maximum atomic E-state index is 12.7. The molecule has 3 N–H and O–H groups in total. The SMILES string of the molecule is NCCN1CC(c2cccc(C(F)(F)F)c2)CNC1=O. The zero-order chi connectivity index (χ0) is 14.8. The molecular formula is C13H16F3N3O. The Balaban J connectivity index is 2.17. The predicted molar refractivity (Wildman–Crippen MR) is 68.2 cm³/mol. The summed E-state index contributed by atoms with van der Waals surface area (Å²) in [6, 6.07) is 5.00. The molecule has 110 valence electrons. The number of nitrogens with zero attached hydrogens (tertiary/aromatic N) is 1. The summed E-state index contributed by atoms with van der Waals surface area (Å²) in [6.45, 7) is 1.43. The van der Waals surface area contributed by atoms with Gasteiger partial charge in [0.25, 0.3) is 0 Å². The van der Waals surface area contributed by atoms with Crippen LogP contribution in [0.3, 0.4) is 0 Å². The quantitative estimate of drug-likeness (QED) is 0.890. The van der Waals surface area contributed by atoms with Gasteiger partial charge in [-0.05, 0) is 11.6 Å². The molecule has 7 heteroatoms. The molecule has 0 saturated carbocycles. The van der Waals surface area contributed by atoms with Gasteiger partial charge in [-0.25, -0.2) is 4.79 Å². The number of benzene rings is 1. The lowest BCUT2D eigenvalue weighted by atomic mass is 9.95. The number of amides is 2. The molecule has 0 spiro atoms. The van der Waals surface area contributed by atoms with E-state index in [1.807, 2.05) is 0 Å². The van der Waals surface area contributed by atoms with E-state index in [4.69, 9.17) is 5.73 Å². The normalized spacial score (nSPS) is 19.9. The molecule has 0 bridgehead atoms. The summed E-state index contributed by atoms with van der Waals surface area (Å²) in [5.74, 6) is -0.165. The summed E-state index contributed by atoms with van der Waals surface area (Å²) in [6.07, 6.45) is -4.36. The Kier molecular flexibility index (Phi) is 4.17. The first kappa shape index (κ1) is 14.6. The number of hydrogen-bond donors (Lipinski definition) is 2. The molecule has 1 saturated heterocycles. The number of rotatable bonds is 3. The van der Waals surface area contributed by atoms with Crippen molar-refractivity contribution < 1.29 is 18.0 Å². The van der Waals surface area contributed by atoms with Gasteiger partial charge in [-0.3, -0.25) is 0 Å². The van der Waals surface area contributed by atoms with Crippen molar-refractivity contribution in [2.75, 3.05) is 26.2 Å². The Hall–Kier alpha value is -1.76. The number of halogens is 3. The van der Waals surface area contributed by atoms with Crippen LogP contribution in [0.25, 0.3) is 0 Å². The van der Waals surface area contributed by atoms with E-state index in [0.717, 1.165) is 12.1 Å². The van der Waals surface area contributed by atoms with Gasteiger partial charge in [-0.1, -0.05) is 18.2 Å². The maximum Gasteiger partial charge on any atom is 0.416 e. The number of urea groups is 1. The summed E-state index contributed by atoms with van der Waals surface area (Å²) in [5.41, 5.74) is 5.32. The lowest BCUT2D eigenvalue weighted by molar-refractivity contribution is -0.137. The lowest BCUT2D eigenvalue weighted by Crippen LogP contribution is -2.51. The molecule has 1 aliphatic rings. The Labute approximate surface area is 114 Å². The van der Waals surface area contributed by atoms with E-state index in [1.165, 1.54) is 11.0 Å². The molecule has 1 atom stereocenters. The van der Waals surface area contributed by atoms with Gasteiger partial charge < -0.3 is 16.0 Å². The van der Waals surface area contributed by atoms with Gasteiger partial charge in [0.15, 0.2) is 0 Å². The fourth-order valence-electron chi connectivity index (χ4n) is 2.28. The van der Waals surface area contributed by atoms with Crippen LogP contribution in [0.2, 0.25) is 0 Å². The Bertz CT molecular complexity index is 490. The minimum atomic E-state index is -4.36. The summed E-state index contributed by atoms with van der Waals surface area (Å²) < 4.78 is 38.1. The van der Waals surface area contributed by atoms with E-state index in [1.54, 1.807) is 6.07 Å². The van der Waals surface area contributed by atoms with E-state index in [0.29, 0.717) is 31.7 Å². The molecule has 4 nitrogen and oxygen atoms in total. The standard InChI is InChI=1S/C13H16F3N3O/c14-13(15,16)11-3-1-2-9(6-11)10-7-18-12(20)19(8-10)5-4-17/h1-3,6,10H,4-5,7-8,17H2,(H,18,20). The number of nitrogens with two attached hydrogens (primary N) is 1. The molecule has 2 amide bonds. The molecule has 20 heavy (non-hydrogen) atoms. The van der Waals surface area contributed by atoms with Crippen molar-refractivity contribution in [3.05, 3.63) is 35.4 Å². The molecule has 1 aromatic carbocycles. The van der Waals surface area contributed by atoms with Crippen molar-refractivity contribution in [1.82, 2.24) is 10.2 Å². The molecule has 1 unspecified atom stereocenters. The van der Waals surface area contributed by atoms with Crippen LogP contribution < -0.4 is 11.1 Å². The van der Waals surface area contributed by atoms with Crippen LogP contribution in [0.5, 0.6) is 0 Å². The number of hydrogen-bond acceptors (Lipinski definition) is 2. The third kappa shape index (κ3) is 3.22. The van der Waals surface area contributed by atoms with Crippen molar-refractivity contribution >= 4 is 6.03 Å². The topological polar surface area (TPSA) is 58.4 Å². The molecule has 1 aromatic rings. The average Bonchev–Trinajstić information content (AvgIpc) is 2.41. The second-order valence-electron chi connectivity index (χ2n) is 4.74. The zero-order valence-electron chi connectivity index (χ0n) is 10.8. The zero-order valence-corrected chi connectivity index (χ0v) is 10.8. The van der Waals surface area contributed by atoms with Crippen molar-refractivity contribution in [1.29, 1.82) is 0 Å². The van der Waals surface area contributed by atoms with E-state index < -0.39 is 11.7 Å². The predicted octanol–water partition coefficient (Wildman–Crippen LogP) is 1.77. The molecular weight excluding hydrogens is 271 g/mol. The Morgan fingerprint density at radius 3 is 2.80 bits per heavy atom. The third-order valence-corrected chi connectivity index (χ3v) is 3.31. The van der Waals surface area contributed by atoms with Crippen molar-refractivity contribution in [3.8, 4) is 0 Å². The minimum Gasteiger partial charge on any atom is -0.337 e. The summed E-state index contributed by atoms with van der Waals surface area (Å²) in [4.78, 5) is 13.1. The molecule has 1 heterocycles. The first-order chi connectivity index (χ1) is 9.41. The lowest BCUT2D eigenvalue weighted by Gasteiger charge is -2.33. The molecule has 2 rings (SSSR count). The molecule has 1 aliphatic heterocycles. The second kappa shape index (κ2) is 5.70. The highest BCUT2D eigenvalue weighted by Crippen LogP contribution is 2.31. The molecule has 1 fully saturated rings. The highest BCUT2D eigenvalue weighted by Gasteiger charge is 2.32. The molecule has 0 aliphatic carbocycles. The highest BCUT2D eigenvalue weighted by molar-refractivity contribution is 5.75. The first-order valence-electron chi connectivity index (χ1n) is 6.32. The average molecular weight is 287 g/mol. The van der Waals surface area contributed by atoms with Crippen LogP contribution >= 0.6 is 0 Å². The van der Waals surface area contributed by atoms with Gasteiger partial charge in [0.2, 0.25) is 0 Å². The van der Waals surface area contributed by atoms with E-state index in [2.05, 4.69) is 5.32 Å². The second-order valence-corrected chi connectivity index (χ2v) is 4.74. The summed E-state index contributed by atoms with van der Waals surface area (Å²) in [5, 5.41) is 2.67. The van der Waals surface area contributed by atoms with Gasteiger partial charge in [0.1, 0.15) is 0 Å². The van der Waals surface area contributed by atoms with Crippen LogP contribution in [-0.4, -0.2) is 37.1 Å². The van der Waals surface area contributed by atoms with Gasteiger partial charge in [-0.15, -0.1) is 0 Å². The first-order valence-corrected chi connectivity index (χ1v) is 6.32. The molecule has 0 aromatic heterocycles. The van der Waals surface area contributed by atoms with Gasteiger partial charge in [0.05, 0.1) is 5.56 Å². The number of carbonyl (C=O) groups is 1. The van der Waals surface area contributed by atoms with Crippen LogP contribution in [0.1, 0.15) is 17.0 Å². The van der Waals surface area contributed by atoms with Crippen LogP contribution in [-0.2, 0) is 6.18 Å². The molecule has 0 radical (unpaired) electrons. The fraction of sp³-hybridized carbons (Fsp3) is 0.462. The maximum absolute atomic E-state index is 12.7. The van der Waals surface area contributed by atoms with E-state index >= 15 is 0 Å². The summed E-state index contributed by atoms with van der Waals surface area (Å²) >= 11 is 0. The van der Waals surface area contributed by atoms with Gasteiger partial charge in [-0.2, -0.15) is 13.2 Å². The third-order valence-electron chi connectivity index (χ3n) is 3.31. The van der Waals surface area contributed by atoms with E-state index in [9.17, 15) is 18.0 Å². The Morgan fingerprint density at radius 2 is 2.15 bits per heavy atom. The number of alkyl halides is 3. The van der Waals surface area contributed by atoms with Crippen LogP contribution in [0.15, 0.2) is 24.3 Å². The van der Waals surface area contributed by atoms with Crippen LogP contribution in [0, 0.1) is 0 Å². The van der Waals surface area contributed by atoms with Gasteiger partial charge >= 0.3 is 12.2 Å². The van der Waals surface area contributed by atoms with E-state index in [-0.39, 0.29) is 11.9 Å². The largest absolute Gasteiger partial charge is 0.416 e. The van der Waals surface area contributed by atoms with Crippen LogP contribution in [0.4, 0.5) is 18.0 Å². The highest BCUT2D eigenvalue weighted by atomic mass is 19.4. The fourth-order valence-corrected chi connectivity index (χ4v) is 2.28. The number of nitrogens with one attached hydrogen (secondary N) is 1. The number of carbonyl (C=O) groups excluding carboxylic acids is 1. The summed E-state index contributed by atoms with van der Waals surface area (Å²) in [7, 11) is 0. The monoisotopic (exact) mass is 287 g/mol. The van der Waals surface area contributed by atoms with Crippen molar-refractivity contribution in [3.63, 3.8) is 0 Å². The minimum absolute atomic E-state index is 0.165. The van der Waals surface area contributed by atoms with Crippen molar-refractivity contribution in [2.45, 2.75) is 12.1 Å². The Morgan fingerprint density at radius 1 is 1.40 bits per heavy atom.